The highest BCUT2D eigenvalue weighted by Crippen LogP contribution is 2.47. The van der Waals surface area contributed by atoms with Gasteiger partial charge in [0.05, 0.1) is 4.90 Å². The molecule has 2 aliphatic carbocycles. The fourth-order valence-electron chi connectivity index (χ4n) is 7.11. The number of carbonyl (C=O) groups excluding carboxylic acids is 1. The minimum absolute atomic E-state index is 0.0119. The Balaban J connectivity index is 1.38. The molecule has 1 aliphatic heterocycles. The lowest BCUT2D eigenvalue weighted by molar-refractivity contribution is -0.146. The van der Waals surface area contributed by atoms with Gasteiger partial charge < -0.3 is 14.4 Å². The van der Waals surface area contributed by atoms with E-state index in [0.717, 1.165) is 24.8 Å². The Kier molecular flexibility index (Phi) is 8.58. The molecule has 6 rings (SSSR count). The molecule has 0 spiro atoms. The summed E-state index contributed by atoms with van der Waals surface area (Å²) in [6.45, 7) is 14.8. The summed E-state index contributed by atoms with van der Waals surface area (Å²) in [5.41, 5.74) is 2.43. The van der Waals surface area contributed by atoms with Crippen LogP contribution in [-0.2, 0) is 29.7 Å². The highest BCUT2D eigenvalue weighted by molar-refractivity contribution is 7.89. The lowest BCUT2D eigenvalue weighted by Crippen LogP contribution is -2.41. The van der Waals surface area contributed by atoms with E-state index in [2.05, 4.69) is 22.8 Å². The second-order valence-corrected chi connectivity index (χ2v) is 15.6. The Morgan fingerprint density at radius 3 is 2.32 bits per heavy atom. The number of nitrogens with zero attached hydrogens (tertiary/aromatic N) is 1. The van der Waals surface area contributed by atoms with Gasteiger partial charge in [-0.15, -0.1) is 0 Å². The number of fused-ring (bicyclic) bond motifs is 4. The van der Waals surface area contributed by atoms with Crippen molar-refractivity contribution < 1.29 is 35.7 Å². The highest BCUT2D eigenvalue weighted by Gasteiger charge is 2.49. The minimum atomic E-state index is -4.90. The van der Waals surface area contributed by atoms with Crippen molar-refractivity contribution in [1.82, 2.24) is 4.72 Å². The molecular weight excluding hydrogens is 641 g/mol. The van der Waals surface area contributed by atoms with Crippen molar-refractivity contribution in [2.75, 3.05) is 18.0 Å². The van der Waals surface area contributed by atoms with Crippen LogP contribution < -0.4 is 24.8 Å². The highest BCUT2D eigenvalue weighted by atomic mass is 32.2. The second kappa shape index (κ2) is 12.2. The molecular formula is C35H38N2O8S2. The smallest absolute Gasteiger partial charge is 0.333 e. The molecule has 2 fully saturated rings. The lowest BCUT2D eigenvalue weighted by Gasteiger charge is -2.28. The topological polar surface area (TPSA) is 139 Å². The van der Waals surface area contributed by atoms with Crippen molar-refractivity contribution >= 4 is 44.0 Å². The first-order valence-corrected chi connectivity index (χ1v) is 18.5. The van der Waals surface area contributed by atoms with E-state index in [1.165, 1.54) is 12.1 Å². The van der Waals surface area contributed by atoms with E-state index in [1.807, 2.05) is 32.0 Å². The van der Waals surface area contributed by atoms with Crippen molar-refractivity contribution in [1.29, 1.82) is 0 Å². The standard InChI is InChI=1S/C35H38N2O8S2/c1-6-37(7-2)24-9-12-27-32(18-24)44-31-14-21(5)8-11-26(31)34(27)28-13-10-25(19-33(28)47(41,42)43)46(39,40)36-29-16-23-15-22(29)17-30(23)45-35(38)20(3)4/h8-14,18-19,22-23,29-30,36H,3,5-7,15-17H2,1-2,4H3,(H,41,42,43). The predicted molar refractivity (Wildman–Crippen MR) is 179 cm³/mol. The summed E-state index contributed by atoms with van der Waals surface area (Å²) in [6, 6.07) is 14.3. The summed E-state index contributed by atoms with van der Waals surface area (Å²) >= 11 is 0. The maximum atomic E-state index is 13.6. The average Bonchev–Trinajstić information content (AvgIpc) is 3.59. The molecule has 3 aromatic rings. The number of sulfonamides is 1. The SMILES string of the molecule is C=C(C)C(=O)OC1CC2CC1CC2NS(=O)(=O)c1ccc(C2=c3ccc(=C)cc3Oc3cc(N(CC)CC)ccc32)c(S(=O)(=O)O)c1. The largest absolute Gasteiger partial charge is 0.459 e. The predicted octanol–water partition coefficient (Wildman–Crippen LogP) is 4.11. The van der Waals surface area contributed by atoms with Gasteiger partial charge in [0.2, 0.25) is 10.0 Å². The summed E-state index contributed by atoms with van der Waals surface area (Å²) in [7, 11) is -9.09. The van der Waals surface area contributed by atoms with Gasteiger partial charge in [-0.1, -0.05) is 31.4 Å². The van der Waals surface area contributed by atoms with Gasteiger partial charge in [0, 0.05) is 58.4 Å². The van der Waals surface area contributed by atoms with Crippen molar-refractivity contribution in [3.05, 3.63) is 88.3 Å². The van der Waals surface area contributed by atoms with Gasteiger partial charge in [0.1, 0.15) is 22.5 Å². The van der Waals surface area contributed by atoms with E-state index in [4.69, 9.17) is 9.47 Å². The molecule has 10 nitrogen and oxygen atoms in total. The fourth-order valence-corrected chi connectivity index (χ4v) is 9.25. The molecule has 2 N–H and O–H groups in total. The third-order valence-electron chi connectivity index (χ3n) is 9.41. The molecule has 4 unspecified atom stereocenters. The number of carbonyl (C=O) groups is 1. The number of nitrogens with one attached hydrogen (secondary N) is 1. The van der Waals surface area contributed by atoms with E-state index in [9.17, 15) is 26.2 Å². The van der Waals surface area contributed by atoms with Gasteiger partial charge in [-0.3, -0.25) is 4.55 Å². The van der Waals surface area contributed by atoms with Crippen molar-refractivity contribution in [3.8, 4) is 11.5 Å². The zero-order valence-electron chi connectivity index (χ0n) is 26.5. The Labute approximate surface area is 275 Å². The quantitative estimate of drug-likeness (QED) is 0.144. The maximum absolute atomic E-state index is 13.6. The van der Waals surface area contributed by atoms with E-state index in [0.29, 0.717) is 57.9 Å². The van der Waals surface area contributed by atoms with Gasteiger partial charge in [0.15, 0.2) is 0 Å². The van der Waals surface area contributed by atoms with Gasteiger partial charge in [-0.05, 0) is 87.4 Å². The van der Waals surface area contributed by atoms with Crippen LogP contribution in [0.3, 0.4) is 0 Å². The summed E-state index contributed by atoms with van der Waals surface area (Å²) < 4.78 is 78.2. The molecule has 0 aromatic heterocycles. The molecule has 2 saturated carbocycles. The minimum Gasteiger partial charge on any atom is -0.459 e. The molecule has 4 atom stereocenters. The molecule has 0 amide bonds. The van der Waals surface area contributed by atoms with Gasteiger partial charge in [0.25, 0.3) is 10.1 Å². The number of esters is 1. The van der Waals surface area contributed by atoms with E-state index in [1.54, 1.807) is 25.1 Å². The molecule has 3 aliphatic rings. The maximum Gasteiger partial charge on any atom is 0.333 e. The Morgan fingerprint density at radius 1 is 0.957 bits per heavy atom. The van der Waals surface area contributed by atoms with Crippen LogP contribution in [0.2, 0.25) is 0 Å². The van der Waals surface area contributed by atoms with Gasteiger partial charge in [-0.25, -0.2) is 17.9 Å². The molecule has 47 heavy (non-hydrogen) atoms. The van der Waals surface area contributed by atoms with Crippen molar-refractivity contribution in [2.45, 2.75) is 62.0 Å². The third-order valence-corrected chi connectivity index (χ3v) is 11.8. The first-order valence-electron chi connectivity index (χ1n) is 15.6. The van der Waals surface area contributed by atoms with E-state index >= 15 is 0 Å². The van der Waals surface area contributed by atoms with Gasteiger partial charge >= 0.3 is 5.97 Å². The first kappa shape index (κ1) is 33.0. The van der Waals surface area contributed by atoms with Crippen LogP contribution in [0.4, 0.5) is 5.69 Å². The van der Waals surface area contributed by atoms with Crippen molar-refractivity contribution in [2.24, 2.45) is 11.8 Å². The molecule has 0 radical (unpaired) electrons. The van der Waals surface area contributed by atoms with Crippen LogP contribution in [0.15, 0.2) is 76.5 Å². The number of ether oxygens (including phenoxy) is 2. The molecule has 248 valence electrons. The number of rotatable bonds is 10. The molecule has 0 saturated heterocycles. The van der Waals surface area contributed by atoms with Crippen LogP contribution in [0.5, 0.6) is 11.5 Å². The average molecular weight is 679 g/mol. The molecule has 1 heterocycles. The third kappa shape index (κ3) is 6.22. The van der Waals surface area contributed by atoms with Crippen LogP contribution in [0.1, 0.15) is 51.2 Å². The van der Waals surface area contributed by atoms with Gasteiger partial charge in [-0.2, -0.15) is 8.42 Å². The van der Waals surface area contributed by atoms with E-state index < -0.39 is 37.0 Å². The number of anilines is 1. The number of hydrogen-bond donors (Lipinski definition) is 2. The second-order valence-electron chi connectivity index (χ2n) is 12.5. The van der Waals surface area contributed by atoms with Crippen molar-refractivity contribution in [3.63, 3.8) is 0 Å². The molecule has 12 heteroatoms. The Bertz CT molecular complexity index is 2120. The summed E-state index contributed by atoms with van der Waals surface area (Å²) in [4.78, 5) is 13.3. The summed E-state index contributed by atoms with van der Waals surface area (Å²) in [6.07, 6.45) is 1.42. The summed E-state index contributed by atoms with van der Waals surface area (Å²) in [5.74, 6) is 0.465. The van der Waals surface area contributed by atoms with Crippen LogP contribution in [0.25, 0.3) is 12.2 Å². The fraction of sp³-hybridized carbons (Fsp3) is 0.343. The number of benzene rings is 3. The Hall–Kier alpha value is -3.97. The lowest BCUT2D eigenvalue weighted by atomic mass is 9.92. The normalized spacial score (nSPS) is 21.5. The monoisotopic (exact) mass is 678 g/mol. The molecule has 3 aromatic carbocycles. The van der Waals surface area contributed by atoms with Crippen LogP contribution in [-0.4, -0.2) is 52.6 Å². The Morgan fingerprint density at radius 2 is 1.68 bits per heavy atom. The van der Waals surface area contributed by atoms with E-state index in [-0.39, 0.29) is 28.4 Å². The zero-order valence-corrected chi connectivity index (χ0v) is 28.2. The first-order chi connectivity index (χ1) is 22.2. The zero-order chi connectivity index (χ0) is 33.8. The van der Waals surface area contributed by atoms with Crippen LogP contribution >= 0.6 is 0 Å². The number of hydrogen-bond acceptors (Lipinski definition) is 8. The van der Waals surface area contributed by atoms with Crippen LogP contribution in [0, 0.1) is 11.8 Å². The summed E-state index contributed by atoms with van der Waals surface area (Å²) in [5, 5.41) is 1.26. The molecule has 2 bridgehead atoms.